The largest absolute Gasteiger partial charge is 0.389 e. The zero-order chi connectivity index (χ0) is 21.9. The molecular weight excluding hydrogens is 384 g/mol. The molecule has 168 valence electrons. The number of allylic oxidation sites excluding steroid dienone is 1. The first-order valence-corrected chi connectivity index (χ1v) is 12.2. The molecule has 1 aromatic carbocycles. The van der Waals surface area contributed by atoms with Crippen LogP contribution in [0.1, 0.15) is 70.8 Å². The van der Waals surface area contributed by atoms with Gasteiger partial charge < -0.3 is 14.9 Å². The number of hydrogen-bond acceptors (Lipinski definition) is 3. The third kappa shape index (κ3) is 2.82. The van der Waals surface area contributed by atoms with Crippen LogP contribution in [-0.4, -0.2) is 28.5 Å². The average molecular weight is 423 g/mol. The van der Waals surface area contributed by atoms with E-state index in [1.807, 2.05) is 36.4 Å². The molecule has 0 heterocycles. The van der Waals surface area contributed by atoms with E-state index in [0.717, 1.165) is 44.1 Å². The highest BCUT2D eigenvalue weighted by Crippen LogP contribution is 2.71. The van der Waals surface area contributed by atoms with Gasteiger partial charge in [0.1, 0.15) is 0 Å². The van der Waals surface area contributed by atoms with Crippen molar-refractivity contribution < 1.29 is 14.9 Å². The van der Waals surface area contributed by atoms with Crippen molar-refractivity contribution in [1.29, 1.82) is 0 Å². The highest BCUT2D eigenvalue weighted by molar-refractivity contribution is 5.34. The molecule has 5 rings (SSSR count). The van der Waals surface area contributed by atoms with Crippen molar-refractivity contribution in [3.05, 3.63) is 60.2 Å². The number of fused-ring (bicyclic) bond motifs is 5. The Labute approximate surface area is 187 Å². The minimum atomic E-state index is -0.957. The van der Waals surface area contributed by atoms with Gasteiger partial charge in [0.25, 0.3) is 0 Å². The lowest BCUT2D eigenvalue weighted by Gasteiger charge is -2.62. The molecule has 7 atom stereocenters. The molecule has 2 N–H and O–H groups in total. The van der Waals surface area contributed by atoms with Gasteiger partial charge in [-0.05, 0) is 74.2 Å². The molecule has 3 heteroatoms. The molecule has 0 unspecified atom stereocenters. The number of hydrogen-bond donors (Lipinski definition) is 2. The summed E-state index contributed by atoms with van der Waals surface area (Å²) in [5.74, 6) is 0.723. The van der Waals surface area contributed by atoms with E-state index in [2.05, 4.69) is 26.5 Å². The molecule has 4 aliphatic rings. The van der Waals surface area contributed by atoms with Crippen molar-refractivity contribution in [1.82, 2.24) is 0 Å². The van der Waals surface area contributed by atoms with Crippen molar-refractivity contribution in [2.45, 2.75) is 82.5 Å². The van der Waals surface area contributed by atoms with Gasteiger partial charge in [0.15, 0.2) is 0 Å². The van der Waals surface area contributed by atoms with Gasteiger partial charge in [-0.3, -0.25) is 0 Å². The maximum atomic E-state index is 12.3. The molecule has 0 amide bonds. The van der Waals surface area contributed by atoms with Gasteiger partial charge >= 0.3 is 0 Å². The molecule has 3 saturated carbocycles. The topological polar surface area (TPSA) is 49.7 Å². The molecule has 0 aromatic heterocycles. The summed E-state index contributed by atoms with van der Waals surface area (Å²) < 4.78 is 5.97. The van der Waals surface area contributed by atoms with Crippen LogP contribution in [0.4, 0.5) is 0 Å². The van der Waals surface area contributed by atoms with Gasteiger partial charge in [-0.15, -0.1) is 6.58 Å². The molecule has 3 fully saturated rings. The van der Waals surface area contributed by atoms with Crippen LogP contribution in [0.3, 0.4) is 0 Å². The monoisotopic (exact) mass is 422 g/mol. The number of benzene rings is 1. The first-order chi connectivity index (χ1) is 14.8. The van der Waals surface area contributed by atoms with Crippen LogP contribution in [-0.2, 0) is 10.3 Å². The summed E-state index contributed by atoms with van der Waals surface area (Å²) in [6.45, 7) is 8.98. The summed E-state index contributed by atoms with van der Waals surface area (Å²) in [5, 5.41) is 24.3. The lowest BCUT2D eigenvalue weighted by atomic mass is 9.44. The number of ether oxygens (including phenoxy) is 1. The molecule has 1 aromatic rings. The maximum absolute atomic E-state index is 12.3. The fourth-order valence-electron chi connectivity index (χ4n) is 8.18. The van der Waals surface area contributed by atoms with Gasteiger partial charge in [-0.2, -0.15) is 0 Å². The molecule has 0 aliphatic heterocycles. The van der Waals surface area contributed by atoms with Crippen molar-refractivity contribution in [2.24, 2.45) is 22.7 Å². The zero-order valence-corrected chi connectivity index (χ0v) is 19.1. The number of aliphatic hydroxyl groups is 2. The van der Waals surface area contributed by atoms with Gasteiger partial charge in [0.05, 0.1) is 23.9 Å². The normalized spacial score (nSPS) is 46.5. The van der Waals surface area contributed by atoms with Crippen molar-refractivity contribution in [2.75, 3.05) is 6.61 Å². The molecule has 0 saturated heterocycles. The Morgan fingerprint density at radius 2 is 1.77 bits per heavy atom. The summed E-state index contributed by atoms with van der Waals surface area (Å²) in [6.07, 6.45) is 11.9. The molecule has 0 radical (unpaired) electrons. The maximum Gasteiger partial charge on any atom is 0.0978 e. The quantitative estimate of drug-likeness (QED) is 0.628. The van der Waals surface area contributed by atoms with E-state index < -0.39 is 16.6 Å². The van der Waals surface area contributed by atoms with E-state index >= 15 is 0 Å². The highest BCUT2D eigenvalue weighted by Gasteiger charge is 2.71. The van der Waals surface area contributed by atoms with Gasteiger partial charge in [0.2, 0.25) is 0 Å². The third-order valence-electron chi connectivity index (χ3n) is 10.1. The third-order valence-corrected chi connectivity index (χ3v) is 10.1. The molecule has 31 heavy (non-hydrogen) atoms. The average Bonchev–Trinajstić information content (AvgIpc) is 3.00. The molecule has 3 nitrogen and oxygen atoms in total. The Morgan fingerprint density at radius 1 is 1.00 bits per heavy atom. The Morgan fingerprint density at radius 3 is 2.52 bits per heavy atom. The van der Waals surface area contributed by atoms with Gasteiger partial charge in [-0.1, -0.05) is 61.9 Å². The lowest BCUT2D eigenvalue weighted by Crippen LogP contribution is -2.63. The Balaban J connectivity index is 1.47. The molecular formula is C28H38O3. The highest BCUT2D eigenvalue weighted by atomic mass is 16.5. The van der Waals surface area contributed by atoms with Crippen LogP contribution < -0.4 is 0 Å². The second-order valence-electron chi connectivity index (χ2n) is 11.1. The summed E-state index contributed by atoms with van der Waals surface area (Å²) >= 11 is 0. The summed E-state index contributed by atoms with van der Waals surface area (Å²) in [4.78, 5) is 0. The predicted octanol–water partition coefficient (Wildman–Crippen LogP) is 5.52. The molecule has 4 aliphatic carbocycles. The van der Waals surface area contributed by atoms with E-state index in [9.17, 15) is 10.2 Å². The van der Waals surface area contributed by atoms with Crippen LogP contribution in [0.15, 0.2) is 54.6 Å². The fraction of sp³-hybridized carbons (Fsp3) is 0.643. The second-order valence-corrected chi connectivity index (χ2v) is 11.1. The van der Waals surface area contributed by atoms with Crippen LogP contribution in [0.25, 0.3) is 0 Å². The van der Waals surface area contributed by atoms with Gasteiger partial charge in [-0.25, -0.2) is 0 Å². The van der Waals surface area contributed by atoms with E-state index in [4.69, 9.17) is 4.74 Å². The Bertz CT molecular complexity index is 878. The van der Waals surface area contributed by atoms with E-state index in [1.165, 1.54) is 5.57 Å². The standard InChI is InChI=1S/C28H38O3/c1-4-18-31-22-12-14-25(2)21(19-22)10-11-24-23(25)13-15-26(3)27(29,16-17-28(24,26)30)20-8-6-5-7-9-20/h4-9,19,22-24,29-30H,1,10-18H2,2-3H3/t22-,23-,24+,25-,26+,27-,28-/m0/s1. The first-order valence-electron chi connectivity index (χ1n) is 12.2. The van der Waals surface area contributed by atoms with Crippen LogP contribution >= 0.6 is 0 Å². The number of rotatable bonds is 4. The van der Waals surface area contributed by atoms with Crippen LogP contribution in [0, 0.1) is 22.7 Å². The predicted molar refractivity (Wildman–Crippen MR) is 123 cm³/mol. The van der Waals surface area contributed by atoms with Crippen molar-refractivity contribution in [3.8, 4) is 0 Å². The Hall–Kier alpha value is -1.42. The van der Waals surface area contributed by atoms with E-state index in [0.29, 0.717) is 25.4 Å². The zero-order valence-electron chi connectivity index (χ0n) is 19.1. The molecule has 0 spiro atoms. The SMILES string of the molecule is C=CCO[C@@H]1C=C2CC[C@@H]3[C@H](CC[C@]4(C)[C@@](O)(c5ccccc5)CC[C@]34O)[C@@]2(C)CC1. The lowest BCUT2D eigenvalue weighted by molar-refractivity contribution is -0.221. The van der Waals surface area contributed by atoms with Gasteiger partial charge in [0, 0.05) is 5.41 Å². The van der Waals surface area contributed by atoms with E-state index in [-0.39, 0.29) is 17.4 Å². The first kappa shape index (κ1) is 21.4. The summed E-state index contributed by atoms with van der Waals surface area (Å²) in [6, 6.07) is 10.1. The smallest absolute Gasteiger partial charge is 0.0978 e. The second kappa shape index (κ2) is 7.30. The van der Waals surface area contributed by atoms with Crippen LogP contribution in [0.2, 0.25) is 0 Å². The van der Waals surface area contributed by atoms with Crippen LogP contribution in [0.5, 0.6) is 0 Å². The summed E-state index contributed by atoms with van der Waals surface area (Å²) in [7, 11) is 0. The Kier molecular flexibility index (Phi) is 5.04. The van der Waals surface area contributed by atoms with Crippen molar-refractivity contribution in [3.63, 3.8) is 0 Å². The van der Waals surface area contributed by atoms with Crippen molar-refractivity contribution >= 4 is 0 Å². The minimum Gasteiger partial charge on any atom is -0.389 e. The minimum absolute atomic E-state index is 0.140. The molecule has 0 bridgehead atoms. The fourth-order valence-corrected chi connectivity index (χ4v) is 8.18. The van der Waals surface area contributed by atoms with E-state index in [1.54, 1.807) is 0 Å². The summed E-state index contributed by atoms with van der Waals surface area (Å²) in [5.41, 5.74) is 0.366.